The minimum Gasteiger partial charge on any atom is -0.496 e. The van der Waals surface area contributed by atoms with Gasteiger partial charge in [0, 0.05) is 43.2 Å². The van der Waals surface area contributed by atoms with Crippen molar-refractivity contribution in [3.63, 3.8) is 0 Å². The third-order valence-corrected chi connectivity index (χ3v) is 6.41. The monoisotopic (exact) mass is 517 g/mol. The van der Waals surface area contributed by atoms with Crippen molar-refractivity contribution in [2.24, 2.45) is 11.8 Å². The Kier molecular flexibility index (Phi) is 11.0. The Labute approximate surface area is 217 Å². The molecule has 0 spiro atoms. The average molecular weight is 518 g/mol. The van der Waals surface area contributed by atoms with Crippen molar-refractivity contribution in [3.05, 3.63) is 47.5 Å². The Hall–Kier alpha value is -3.49. The predicted molar refractivity (Wildman–Crippen MR) is 136 cm³/mol. The summed E-state index contributed by atoms with van der Waals surface area (Å²) >= 11 is 0. The number of esters is 2. The fraction of sp³-hybridized carbons (Fsp3) is 0.500. The molecule has 0 amide bonds. The minimum absolute atomic E-state index is 0.0892. The van der Waals surface area contributed by atoms with Gasteiger partial charge in [0.1, 0.15) is 17.7 Å². The number of hydrogen-bond acceptors (Lipinski definition) is 8. The topological polar surface area (TPSA) is 101 Å². The number of ketones is 1. The largest absolute Gasteiger partial charge is 0.496 e. The van der Waals surface area contributed by atoms with Gasteiger partial charge in [-0.1, -0.05) is 39.7 Å². The molecule has 0 unspecified atom stereocenters. The summed E-state index contributed by atoms with van der Waals surface area (Å²) in [6.45, 7) is 8.68. The van der Waals surface area contributed by atoms with E-state index < -0.39 is 35.6 Å². The number of pyridine rings is 1. The highest BCUT2D eigenvalue weighted by Gasteiger charge is 2.33. The molecule has 0 N–H and O–H groups in total. The van der Waals surface area contributed by atoms with Crippen molar-refractivity contribution in [1.29, 1.82) is 0 Å². The van der Waals surface area contributed by atoms with Gasteiger partial charge in [0.2, 0.25) is 5.75 Å². The number of rotatable bonds is 13. The molecule has 2 aromatic rings. The van der Waals surface area contributed by atoms with Crippen molar-refractivity contribution in [3.8, 4) is 17.2 Å². The van der Waals surface area contributed by atoms with Crippen LogP contribution in [0.1, 0.15) is 75.9 Å². The van der Waals surface area contributed by atoms with Crippen molar-refractivity contribution in [1.82, 2.24) is 4.98 Å². The van der Waals surface area contributed by atoms with E-state index in [9.17, 15) is 18.8 Å². The number of benzene rings is 1. The number of hydrogen-bond donors (Lipinski definition) is 0. The number of carbonyl (C=O) groups excluding carboxylic acids is 3. The van der Waals surface area contributed by atoms with Crippen LogP contribution in [0.3, 0.4) is 0 Å². The van der Waals surface area contributed by atoms with Crippen LogP contribution in [0.5, 0.6) is 17.2 Å². The second-order valence-electron chi connectivity index (χ2n) is 8.94. The summed E-state index contributed by atoms with van der Waals surface area (Å²) < 4.78 is 35.5. The highest BCUT2D eigenvalue weighted by Crippen LogP contribution is 2.39. The maximum Gasteiger partial charge on any atom is 0.309 e. The number of halogens is 1. The Balaban J connectivity index is 2.25. The summed E-state index contributed by atoms with van der Waals surface area (Å²) in [6, 6.07) is 5.82. The maximum absolute atomic E-state index is 13.8. The fourth-order valence-corrected chi connectivity index (χ4v) is 4.51. The van der Waals surface area contributed by atoms with Gasteiger partial charge in [-0.15, -0.1) is 0 Å². The van der Waals surface area contributed by atoms with E-state index in [1.54, 1.807) is 19.9 Å². The first-order chi connectivity index (χ1) is 17.6. The number of nitrogens with zero attached hydrogens (tertiary/aromatic N) is 1. The van der Waals surface area contributed by atoms with Crippen molar-refractivity contribution in [2.45, 2.75) is 65.9 Å². The van der Waals surface area contributed by atoms with Crippen LogP contribution in [-0.4, -0.2) is 43.0 Å². The number of ether oxygens (including phenoxy) is 4. The first-order valence-corrected chi connectivity index (χ1v) is 12.4. The van der Waals surface area contributed by atoms with Gasteiger partial charge in [-0.25, -0.2) is 9.37 Å². The van der Waals surface area contributed by atoms with Gasteiger partial charge in [0.25, 0.3) is 0 Å². The first kappa shape index (κ1) is 29.7. The van der Waals surface area contributed by atoms with Gasteiger partial charge in [-0.2, -0.15) is 0 Å². The van der Waals surface area contributed by atoms with Crippen LogP contribution < -0.4 is 14.2 Å². The lowest BCUT2D eigenvalue weighted by molar-refractivity contribution is -0.154. The Bertz CT molecular complexity index is 1100. The number of Topliss-reactive ketones (excluding diaryl/α,β-unsaturated/α-hetero) is 1. The zero-order chi connectivity index (χ0) is 27.7. The standard InChI is InChI=1S/C28H36FNO7/c1-8-19(9-2)25(21-11-10-20(29)15-24(21)35-7)17(4)36-28(33)16(3)14-22(32)26-27(37-18(5)31)23(34-6)12-13-30-26/h10-13,15-17,19,25H,8-9,14H2,1-7H3/t16-,17+,25+/m1/s1. The molecule has 0 saturated heterocycles. The van der Waals surface area contributed by atoms with E-state index in [2.05, 4.69) is 18.8 Å². The molecule has 1 aromatic carbocycles. The highest BCUT2D eigenvalue weighted by atomic mass is 19.1. The predicted octanol–water partition coefficient (Wildman–Crippen LogP) is 5.52. The molecule has 0 aliphatic carbocycles. The third kappa shape index (κ3) is 7.50. The van der Waals surface area contributed by atoms with E-state index in [-0.39, 0.29) is 35.4 Å². The lowest BCUT2D eigenvalue weighted by Crippen LogP contribution is -2.31. The van der Waals surface area contributed by atoms with E-state index in [1.807, 2.05) is 0 Å². The summed E-state index contributed by atoms with van der Waals surface area (Å²) in [6.07, 6.45) is 2.22. The summed E-state index contributed by atoms with van der Waals surface area (Å²) in [5.74, 6) is -2.52. The SMILES string of the molecule is CCC(CC)[C@@H](c1ccc(F)cc1OC)[C@H](C)OC(=O)[C@H](C)CC(=O)c1nccc(OC)c1OC(C)=O. The lowest BCUT2D eigenvalue weighted by atomic mass is 9.79. The zero-order valence-electron chi connectivity index (χ0n) is 22.5. The fourth-order valence-electron chi connectivity index (χ4n) is 4.51. The van der Waals surface area contributed by atoms with Crippen LogP contribution in [0.25, 0.3) is 0 Å². The second kappa shape index (κ2) is 13.7. The molecule has 37 heavy (non-hydrogen) atoms. The van der Waals surface area contributed by atoms with Crippen LogP contribution in [0, 0.1) is 17.7 Å². The highest BCUT2D eigenvalue weighted by molar-refractivity contribution is 5.99. The minimum atomic E-state index is -0.800. The molecule has 1 heterocycles. The van der Waals surface area contributed by atoms with Gasteiger partial charge < -0.3 is 18.9 Å². The molecular formula is C28H36FNO7. The molecule has 0 aliphatic heterocycles. The van der Waals surface area contributed by atoms with Crippen LogP contribution in [0.4, 0.5) is 4.39 Å². The molecule has 0 aliphatic rings. The molecule has 3 atom stereocenters. The van der Waals surface area contributed by atoms with Crippen molar-refractivity contribution >= 4 is 17.7 Å². The van der Waals surface area contributed by atoms with E-state index in [1.165, 1.54) is 45.5 Å². The van der Waals surface area contributed by atoms with Gasteiger partial charge in [0.15, 0.2) is 17.2 Å². The molecule has 2 rings (SSSR count). The van der Waals surface area contributed by atoms with Gasteiger partial charge >= 0.3 is 11.9 Å². The molecule has 0 bridgehead atoms. The van der Waals surface area contributed by atoms with Crippen LogP contribution >= 0.6 is 0 Å². The lowest BCUT2D eigenvalue weighted by Gasteiger charge is -2.32. The van der Waals surface area contributed by atoms with Gasteiger partial charge in [-0.05, 0) is 18.9 Å². The van der Waals surface area contributed by atoms with E-state index in [4.69, 9.17) is 18.9 Å². The Morgan fingerprint density at radius 1 is 1.00 bits per heavy atom. The van der Waals surface area contributed by atoms with Crippen LogP contribution in [0.15, 0.2) is 30.5 Å². The quantitative estimate of drug-likeness (QED) is 0.253. The molecule has 0 fully saturated rings. The van der Waals surface area contributed by atoms with E-state index in [0.29, 0.717) is 5.75 Å². The molecule has 202 valence electrons. The molecule has 1 aromatic heterocycles. The molecule has 0 saturated carbocycles. The molecular weight excluding hydrogens is 481 g/mol. The number of carbonyl (C=O) groups is 3. The summed E-state index contributed by atoms with van der Waals surface area (Å²) in [5, 5.41) is 0. The zero-order valence-corrected chi connectivity index (χ0v) is 22.5. The third-order valence-electron chi connectivity index (χ3n) is 6.41. The van der Waals surface area contributed by atoms with Crippen LogP contribution in [-0.2, 0) is 14.3 Å². The summed E-state index contributed by atoms with van der Waals surface area (Å²) in [4.78, 5) is 41.7. The van der Waals surface area contributed by atoms with E-state index >= 15 is 0 Å². The van der Waals surface area contributed by atoms with Gasteiger partial charge in [-0.3, -0.25) is 14.4 Å². The van der Waals surface area contributed by atoms with Crippen molar-refractivity contribution in [2.75, 3.05) is 14.2 Å². The molecule has 9 heteroatoms. The summed E-state index contributed by atoms with van der Waals surface area (Å²) in [5.41, 5.74) is 0.654. The average Bonchev–Trinajstić information content (AvgIpc) is 2.86. The Morgan fingerprint density at radius 2 is 1.65 bits per heavy atom. The number of aromatic nitrogens is 1. The second-order valence-corrected chi connectivity index (χ2v) is 8.94. The van der Waals surface area contributed by atoms with Gasteiger partial charge in [0.05, 0.1) is 20.1 Å². The normalized spacial score (nSPS) is 13.4. The smallest absolute Gasteiger partial charge is 0.309 e. The number of methoxy groups -OCH3 is 2. The van der Waals surface area contributed by atoms with Crippen molar-refractivity contribution < 1.29 is 37.7 Å². The molecule has 0 radical (unpaired) electrons. The molecule has 8 nitrogen and oxygen atoms in total. The Morgan fingerprint density at radius 3 is 2.22 bits per heavy atom. The maximum atomic E-state index is 13.8. The van der Waals surface area contributed by atoms with E-state index in [0.717, 1.165) is 18.4 Å². The summed E-state index contributed by atoms with van der Waals surface area (Å²) in [7, 11) is 2.85. The first-order valence-electron chi connectivity index (χ1n) is 12.4. The van der Waals surface area contributed by atoms with Crippen LogP contribution in [0.2, 0.25) is 0 Å².